The van der Waals surface area contributed by atoms with Crippen molar-refractivity contribution in [1.29, 1.82) is 0 Å². The second kappa shape index (κ2) is 9.56. The summed E-state index contributed by atoms with van der Waals surface area (Å²) in [7, 11) is 1.26. The highest BCUT2D eigenvalue weighted by Gasteiger charge is 2.35. The molecule has 3 aromatic rings. The lowest BCUT2D eigenvalue weighted by Gasteiger charge is -2.19. The highest BCUT2D eigenvalue weighted by molar-refractivity contribution is 6.30. The van der Waals surface area contributed by atoms with E-state index >= 15 is 0 Å². The van der Waals surface area contributed by atoms with Crippen molar-refractivity contribution in [1.82, 2.24) is 9.99 Å². The van der Waals surface area contributed by atoms with Gasteiger partial charge in [-0.1, -0.05) is 23.7 Å². The Kier molecular flexibility index (Phi) is 6.56. The van der Waals surface area contributed by atoms with E-state index in [-0.39, 0.29) is 11.3 Å². The number of hydrogen-bond acceptors (Lipinski definition) is 7. The fourth-order valence-corrected chi connectivity index (χ4v) is 4.01. The average molecular weight is 484 g/mol. The minimum absolute atomic E-state index is 0.0834. The Bertz CT molecular complexity index is 1260. The van der Waals surface area contributed by atoms with E-state index in [1.165, 1.54) is 18.4 Å². The zero-order valence-corrected chi connectivity index (χ0v) is 19.5. The second-order valence-electron chi connectivity index (χ2n) is 7.72. The van der Waals surface area contributed by atoms with Gasteiger partial charge in [0.1, 0.15) is 17.5 Å². The van der Waals surface area contributed by atoms with Crippen molar-refractivity contribution in [2.24, 2.45) is 5.10 Å². The molecule has 0 aliphatic carbocycles. The number of carbonyl (C=O) groups excluding carboxylic acids is 3. The molecule has 176 valence electrons. The van der Waals surface area contributed by atoms with Crippen molar-refractivity contribution in [3.8, 4) is 0 Å². The zero-order valence-electron chi connectivity index (χ0n) is 18.8. The molecule has 2 aromatic heterocycles. The Morgan fingerprint density at radius 2 is 1.91 bits per heavy atom. The molecule has 9 nitrogen and oxygen atoms in total. The third kappa shape index (κ3) is 4.47. The van der Waals surface area contributed by atoms with Crippen LogP contribution in [0.1, 0.15) is 55.9 Å². The molecular weight excluding hydrogens is 462 g/mol. The van der Waals surface area contributed by atoms with Gasteiger partial charge in [0, 0.05) is 17.1 Å². The molecule has 1 aromatic carbocycles. The van der Waals surface area contributed by atoms with Gasteiger partial charge in [-0.3, -0.25) is 4.79 Å². The first-order chi connectivity index (χ1) is 16.3. The lowest BCUT2D eigenvalue weighted by atomic mass is 10.0. The maximum atomic E-state index is 13.0. The van der Waals surface area contributed by atoms with Gasteiger partial charge >= 0.3 is 11.9 Å². The molecule has 0 unspecified atom stereocenters. The number of H-pyrrole nitrogens is 1. The Labute approximate surface area is 200 Å². The van der Waals surface area contributed by atoms with Crippen molar-refractivity contribution < 1.29 is 28.3 Å². The van der Waals surface area contributed by atoms with E-state index in [1.54, 1.807) is 38.1 Å². The van der Waals surface area contributed by atoms with E-state index in [9.17, 15) is 14.4 Å². The molecule has 0 radical (unpaired) electrons. The number of nitrogens with one attached hydrogen (secondary N) is 1. The fraction of sp³-hybridized carbons (Fsp3) is 0.250. The predicted molar refractivity (Wildman–Crippen MR) is 123 cm³/mol. The molecule has 1 aliphatic rings. The molecule has 0 spiro atoms. The van der Waals surface area contributed by atoms with Crippen molar-refractivity contribution in [2.45, 2.75) is 26.3 Å². The number of carbonyl (C=O) groups is 3. The Balaban J connectivity index is 1.52. The highest BCUT2D eigenvalue weighted by Crippen LogP contribution is 2.33. The molecule has 4 rings (SSSR count). The number of benzene rings is 1. The van der Waals surface area contributed by atoms with Crippen LogP contribution in [0.15, 0.2) is 52.2 Å². The van der Waals surface area contributed by atoms with Crippen LogP contribution >= 0.6 is 11.6 Å². The third-order valence-corrected chi connectivity index (χ3v) is 5.82. The number of aromatic nitrogens is 1. The molecule has 34 heavy (non-hydrogen) atoms. The van der Waals surface area contributed by atoms with E-state index < -0.39 is 30.5 Å². The summed E-state index contributed by atoms with van der Waals surface area (Å²) in [5.41, 5.74) is 2.70. The van der Waals surface area contributed by atoms with Gasteiger partial charge in [0.05, 0.1) is 24.6 Å². The molecule has 1 aliphatic heterocycles. The quantitative estimate of drug-likeness (QED) is 0.525. The van der Waals surface area contributed by atoms with Crippen molar-refractivity contribution in [3.63, 3.8) is 0 Å². The average Bonchev–Trinajstić information content (AvgIpc) is 3.56. The first-order valence-electron chi connectivity index (χ1n) is 10.4. The summed E-state index contributed by atoms with van der Waals surface area (Å²) >= 11 is 5.98. The maximum absolute atomic E-state index is 13.0. The molecule has 1 amide bonds. The van der Waals surface area contributed by atoms with E-state index in [0.717, 1.165) is 5.56 Å². The Hall–Kier alpha value is -3.85. The van der Waals surface area contributed by atoms with Gasteiger partial charge < -0.3 is 18.9 Å². The summed E-state index contributed by atoms with van der Waals surface area (Å²) in [6.45, 7) is 2.70. The molecule has 1 N–H and O–H groups in total. The Morgan fingerprint density at radius 3 is 2.56 bits per heavy atom. The first kappa shape index (κ1) is 23.3. The molecule has 3 heterocycles. The van der Waals surface area contributed by atoms with Gasteiger partial charge in [0.15, 0.2) is 6.61 Å². The summed E-state index contributed by atoms with van der Waals surface area (Å²) in [6.07, 6.45) is 1.94. The molecular formula is C24H22ClN3O6. The van der Waals surface area contributed by atoms with Crippen LogP contribution in [0, 0.1) is 13.8 Å². The van der Waals surface area contributed by atoms with E-state index in [2.05, 4.69) is 10.1 Å². The summed E-state index contributed by atoms with van der Waals surface area (Å²) in [5, 5.41) is 6.34. The fourth-order valence-electron chi connectivity index (χ4n) is 3.89. The summed E-state index contributed by atoms with van der Waals surface area (Å²) in [4.78, 5) is 40.5. The number of ether oxygens (including phenoxy) is 2. The number of aromatic amines is 1. The van der Waals surface area contributed by atoms with Crippen LogP contribution in [-0.4, -0.2) is 47.3 Å². The highest BCUT2D eigenvalue weighted by atomic mass is 35.5. The first-order valence-corrected chi connectivity index (χ1v) is 10.8. The van der Waals surface area contributed by atoms with Gasteiger partial charge in [0.25, 0.3) is 5.91 Å². The number of aryl methyl sites for hydroxylation is 1. The van der Waals surface area contributed by atoms with Crippen LogP contribution in [0.2, 0.25) is 5.02 Å². The summed E-state index contributed by atoms with van der Waals surface area (Å²) in [6, 6.07) is 10.2. The third-order valence-electron chi connectivity index (χ3n) is 5.57. The minimum atomic E-state index is -0.764. The van der Waals surface area contributed by atoms with Gasteiger partial charge in [0.2, 0.25) is 0 Å². The number of halogens is 1. The van der Waals surface area contributed by atoms with Gasteiger partial charge in [-0.2, -0.15) is 5.10 Å². The van der Waals surface area contributed by atoms with Crippen LogP contribution in [0.25, 0.3) is 0 Å². The maximum Gasteiger partial charge on any atom is 0.355 e. The smallest absolute Gasteiger partial charge is 0.355 e. The number of nitrogens with zero attached hydrogens (tertiary/aromatic N) is 2. The molecule has 1 atom stereocenters. The molecule has 10 heteroatoms. The lowest BCUT2D eigenvalue weighted by molar-refractivity contribution is -0.136. The molecule has 0 saturated carbocycles. The second-order valence-corrected chi connectivity index (χ2v) is 8.16. The van der Waals surface area contributed by atoms with Crippen molar-refractivity contribution in [3.05, 3.63) is 81.5 Å². The van der Waals surface area contributed by atoms with E-state index in [4.69, 9.17) is 25.5 Å². The number of rotatable bonds is 6. The van der Waals surface area contributed by atoms with E-state index in [1.807, 2.05) is 12.1 Å². The van der Waals surface area contributed by atoms with Gasteiger partial charge in [-0.15, -0.1) is 0 Å². The number of hydrazone groups is 1. The van der Waals surface area contributed by atoms with E-state index in [0.29, 0.717) is 34.2 Å². The Morgan fingerprint density at radius 1 is 1.18 bits per heavy atom. The molecule has 0 saturated heterocycles. The number of methoxy groups -OCH3 is 1. The zero-order chi connectivity index (χ0) is 24.4. The molecule has 0 fully saturated rings. The van der Waals surface area contributed by atoms with Crippen LogP contribution < -0.4 is 0 Å². The summed E-state index contributed by atoms with van der Waals surface area (Å²) in [5.74, 6) is -1.29. The van der Waals surface area contributed by atoms with Crippen molar-refractivity contribution >= 4 is 35.2 Å². The number of amides is 1. The SMILES string of the molecule is COC(=O)c1c(C)[nH]c(C(=O)OCC(=O)N2N=C(c3ccc(Cl)cc3)C[C@H]2c2ccco2)c1C. The standard InChI is InChI=1S/C24H22ClN3O6/c1-13-21(23(30)32-3)14(2)26-22(13)24(31)34-12-20(29)28-18(19-5-4-10-33-19)11-17(27-28)15-6-8-16(25)9-7-15/h4-10,18,26H,11-12H2,1-3H3/t18-/m0/s1. The van der Waals surface area contributed by atoms with Crippen LogP contribution in [-0.2, 0) is 14.3 Å². The topological polar surface area (TPSA) is 114 Å². The largest absolute Gasteiger partial charge is 0.467 e. The van der Waals surface area contributed by atoms with Crippen molar-refractivity contribution in [2.75, 3.05) is 13.7 Å². The summed E-state index contributed by atoms with van der Waals surface area (Å²) < 4.78 is 15.5. The predicted octanol–water partition coefficient (Wildman–Crippen LogP) is 4.20. The van der Waals surface area contributed by atoms with Crippen LogP contribution in [0.4, 0.5) is 0 Å². The monoisotopic (exact) mass is 483 g/mol. The van der Waals surface area contributed by atoms with Crippen LogP contribution in [0.3, 0.4) is 0 Å². The number of esters is 2. The minimum Gasteiger partial charge on any atom is -0.467 e. The lowest BCUT2D eigenvalue weighted by Crippen LogP contribution is -2.31. The molecule has 0 bridgehead atoms. The number of furan rings is 1. The van der Waals surface area contributed by atoms with Gasteiger partial charge in [-0.05, 0) is 49.2 Å². The van der Waals surface area contributed by atoms with Crippen LogP contribution in [0.5, 0.6) is 0 Å². The van der Waals surface area contributed by atoms with Gasteiger partial charge in [-0.25, -0.2) is 14.6 Å². The normalized spacial score (nSPS) is 15.2. The number of hydrogen-bond donors (Lipinski definition) is 1.